The van der Waals surface area contributed by atoms with Crippen molar-refractivity contribution in [1.29, 1.82) is 0 Å². The monoisotopic (exact) mass is 378 g/mol. The molecular weight excluding hydrogens is 356 g/mol. The van der Waals surface area contributed by atoms with E-state index in [2.05, 4.69) is 17.5 Å². The maximum atomic E-state index is 13.1. The summed E-state index contributed by atoms with van der Waals surface area (Å²) in [7, 11) is 0. The Morgan fingerprint density at radius 2 is 1.54 bits per heavy atom. The molecule has 7 atom stereocenters. The Morgan fingerprint density at radius 3 is 2.04 bits per heavy atom. The number of benzene rings is 1. The zero-order valence-electron chi connectivity index (χ0n) is 15.8. The van der Waals surface area contributed by atoms with Crippen LogP contribution < -0.4 is 5.32 Å². The maximum absolute atomic E-state index is 13.1. The summed E-state index contributed by atoms with van der Waals surface area (Å²) in [6.07, 6.45) is 5.36. The van der Waals surface area contributed by atoms with E-state index in [1.54, 1.807) is 31.2 Å². The quantitative estimate of drug-likeness (QED) is 0.495. The van der Waals surface area contributed by atoms with Gasteiger partial charge < -0.3 is 5.32 Å². The first-order chi connectivity index (χ1) is 13.4. The van der Waals surface area contributed by atoms with E-state index in [9.17, 15) is 19.2 Å². The van der Waals surface area contributed by atoms with Gasteiger partial charge in [-0.3, -0.25) is 24.1 Å². The van der Waals surface area contributed by atoms with Crippen LogP contribution in [0.4, 0.5) is 5.69 Å². The second-order valence-corrected chi connectivity index (χ2v) is 8.50. The van der Waals surface area contributed by atoms with Gasteiger partial charge in [-0.1, -0.05) is 12.2 Å². The van der Waals surface area contributed by atoms with Gasteiger partial charge in [0.1, 0.15) is 6.04 Å². The van der Waals surface area contributed by atoms with E-state index in [1.165, 1.54) is 11.8 Å². The number of carbonyl (C=O) groups excluding carboxylic acids is 4. The molecule has 6 rings (SSSR count). The van der Waals surface area contributed by atoms with Crippen molar-refractivity contribution in [3.8, 4) is 0 Å². The first-order valence-electron chi connectivity index (χ1n) is 9.85. The lowest BCUT2D eigenvalue weighted by atomic mass is 9.63. The van der Waals surface area contributed by atoms with Crippen LogP contribution in [0, 0.1) is 35.5 Å². The molecule has 4 aliphatic carbocycles. The molecule has 3 fully saturated rings. The van der Waals surface area contributed by atoms with Gasteiger partial charge in [0.25, 0.3) is 0 Å². The van der Waals surface area contributed by atoms with Gasteiger partial charge in [0.15, 0.2) is 5.78 Å². The molecule has 2 saturated carbocycles. The number of hydrogen-bond donors (Lipinski definition) is 1. The molecule has 1 heterocycles. The molecule has 7 unspecified atom stereocenters. The molecule has 1 aromatic carbocycles. The Labute approximate surface area is 163 Å². The molecule has 0 aromatic heterocycles. The van der Waals surface area contributed by atoms with Crippen LogP contribution in [-0.2, 0) is 14.4 Å². The molecule has 1 aromatic rings. The van der Waals surface area contributed by atoms with E-state index < -0.39 is 11.9 Å². The van der Waals surface area contributed by atoms with Gasteiger partial charge in [0.2, 0.25) is 17.7 Å². The summed E-state index contributed by atoms with van der Waals surface area (Å²) in [5.74, 6) is -0.0681. The Bertz CT molecular complexity index is 898. The Morgan fingerprint density at radius 1 is 1.00 bits per heavy atom. The van der Waals surface area contributed by atoms with Crippen molar-refractivity contribution in [3.05, 3.63) is 42.0 Å². The highest BCUT2D eigenvalue weighted by Crippen LogP contribution is 2.65. The molecule has 5 aliphatic rings. The molecule has 144 valence electrons. The van der Waals surface area contributed by atoms with Gasteiger partial charge in [0, 0.05) is 11.3 Å². The zero-order chi connectivity index (χ0) is 19.7. The number of ketones is 1. The van der Waals surface area contributed by atoms with Gasteiger partial charge in [-0.25, -0.2) is 0 Å². The Kier molecular flexibility index (Phi) is 3.63. The molecule has 2 bridgehead atoms. The van der Waals surface area contributed by atoms with Crippen molar-refractivity contribution < 1.29 is 19.2 Å². The second-order valence-electron chi connectivity index (χ2n) is 8.50. The SMILES string of the molecule is CC(=O)c1ccc(NC(=O)C(C)N2C(=O)C3C4C=CC(C5CC45)C3C2=O)cc1. The molecular formula is C22H22N2O4. The summed E-state index contributed by atoms with van der Waals surface area (Å²) in [5.41, 5.74) is 1.09. The average molecular weight is 378 g/mol. The lowest BCUT2D eigenvalue weighted by Gasteiger charge is -2.37. The molecule has 3 amide bonds. The predicted octanol–water partition coefficient (Wildman–Crippen LogP) is 2.27. The van der Waals surface area contributed by atoms with Crippen molar-refractivity contribution in [1.82, 2.24) is 4.90 Å². The van der Waals surface area contributed by atoms with Crippen LogP contribution in [0.25, 0.3) is 0 Å². The summed E-state index contributed by atoms with van der Waals surface area (Å²) < 4.78 is 0. The first kappa shape index (κ1) is 17.3. The van der Waals surface area contributed by atoms with Crippen LogP contribution in [0.1, 0.15) is 30.6 Å². The van der Waals surface area contributed by atoms with Crippen LogP contribution in [0.15, 0.2) is 36.4 Å². The highest BCUT2D eigenvalue weighted by molar-refractivity contribution is 6.10. The number of rotatable bonds is 4. The van der Waals surface area contributed by atoms with Crippen LogP contribution in [0.5, 0.6) is 0 Å². The smallest absolute Gasteiger partial charge is 0.247 e. The highest BCUT2D eigenvalue weighted by Gasteiger charge is 2.67. The number of nitrogens with one attached hydrogen (secondary N) is 1. The van der Waals surface area contributed by atoms with E-state index >= 15 is 0 Å². The van der Waals surface area contributed by atoms with Gasteiger partial charge >= 0.3 is 0 Å². The van der Waals surface area contributed by atoms with Crippen molar-refractivity contribution in [3.63, 3.8) is 0 Å². The van der Waals surface area contributed by atoms with E-state index in [0.717, 1.165) is 6.42 Å². The van der Waals surface area contributed by atoms with Crippen molar-refractivity contribution in [2.45, 2.75) is 26.3 Å². The standard InChI is InChI=1S/C22H22N2O4/c1-10(20(26)23-13-5-3-12(4-6-13)11(2)25)24-21(27)18-14-7-8-15(17-9-16(14)17)19(18)22(24)28/h3-8,10,14-19H,9H2,1-2H3,(H,23,26). The summed E-state index contributed by atoms with van der Waals surface area (Å²) in [6.45, 7) is 3.08. The third-order valence-electron chi connectivity index (χ3n) is 7.02. The van der Waals surface area contributed by atoms with E-state index in [1.807, 2.05) is 0 Å². The largest absolute Gasteiger partial charge is 0.324 e. The summed E-state index contributed by atoms with van der Waals surface area (Å²) in [4.78, 5) is 51.4. The molecule has 1 N–H and O–H groups in total. The van der Waals surface area contributed by atoms with Gasteiger partial charge in [-0.2, -0.15) is 0 Å². The van der Waals surface area contributed by atoms with E-state index in [4.69, 9.17) is 0 Å². The van der Waals surface area contributed by atoms with Gasteiger partial charge in [-0.15, -0.1) is 0 Å². The van der Waals surface area contributed by atoms with Crippen LogP contribution in [0.3, 0.4) is 0 Å². The van der Waals surface area contributed by atoms with Crippen molar-refractivity contribution in [2.75, 3.05) is 5.32 Å². The lowest BCUT2D eigenvalue weighted by molar-refractivity contribution is -0.146. The maximum Gasteiger partial charge on any atom is 0.247 e. The average Bonchev–Trinajstić information content (AvgIpc) is 3.45. The number of imide groups is 1. The number of amides is 3. The fourth-order valence-corrected chi connectivity index (χ4v) is 5.51. The number of likely N-dealkylation sites (tertiary alicyclic amines) is 1. The Balaban J connectivity index is 1.33. The number of nitrogens with zero attached hydrogens (tertiary/aromatic N) is 1. The molecule has 0 spiro atoms. The van der Waals surface area contributed by atoms with E-state index in [-0.39, 0.29) is 41.3 Å². The summed E-state index contributed by atoms with van der Waals surface area (Å²) in [5, 5.41) is 2.75. The summed E-state index contributed by atoms with van der Waals surface area (Å²) >= 11 is 0. The molecule has 0 radical (unpaired) electrons. The summed E-state index contributed by atoms with van der Waals surface area (Å²) in [6, 6.07) is 5.70. The van der Waals surface area contributed by atoms with E-state index in [0.29, 0.717) is 23.1 Å². The molecule has 6 heteroatoms. The van der Waals surface area contributed by atoms with Crippen LogP contribution in [-0.4, -0.2) is 34.4 Å². The number of Topliss-reactive ketones (excluding diaryl/α,β-unsaturated/α-hetero) is 1. The van der Waals surface area contributed by atoms with Crippen molar-refractivity contribution in [2.24, 2.45) is 35.5 Å². The zero-order valence-corrected chi connectivity index (χ0v) is 15.8. The molecule has 28 heavy (non-hydrogen) atoms. The minimum Gasteiger partial charge on any atom is -0.324 e. The minimum atomic E-state index is -0.867. The predicted molar refractivity (Wildman–Crippen MR) is 101 cm³/mol. The third-order valence-corrected chi connectivity index (χ3v) is 7.02. The second kappa shape index (κ2) is 5.87. The minimum absolute atomic E-state index is 0.0524. The Hall–Kier alpha value is -2.76. The number of anilines is 1. The third kappa shape index (κ3) is 2.33. The fourth-order valence-electron chi connectivity index (χ4n) is 5.51. The number of hydrogen-bond acceptors (Lipinski definition) is 4. The number of allylic oxidation sites excluding steroid dienone is 2. The molecule has 1 aliphatic heterocycles. The first-order valence-corrected chi connectivity index (χ1v) is 9.85. The van der Waals surface area contributed by atoms with Crippen LogP contribution in [0.2, 0.25) is 0 Å². The van der Waals surface area contributed by atoms with Crippen molar-refractivity contribution >= 4 is 29.2 Å². The highest BCUT2D eigenvalue weighted by atomic mass is 16.2. The normalized spacial score (nSPS) is 35.4. The fraction of sp³-hybridized carbons (Fsp3) is 0.455. The topological polar surface area (TPSA) is 83.6 Å². The lowest BCUT2D eigenvalue weighted by Crippen LogP contribution is -2.46. The molecule has 6 nitrogen and oxygen atoms in total. The van der Waals surface area contributed by atoms with Gasteiger partial charge in [-0.05, 0) is 68.2 Å². The molecule has 1 saturated heterocycles. The van der Waals surface area contributed by atoms with Gasteiger partial charge in [0.05, 0.1) is 11.8 Å². The number of carbonyl (C=O) groups is 4. The van der Waals surface area contributed by atoms with Crippen LogP contribution >= 0.6 is 0 Å².